The highest BCUT2D eigenvalue weighted by atomic mass is 32.2. The maximum Gasteiger partial charge on any atom is 0.293 e. The van der Waals surface area contributed by atoms with E-state index in [2.05, 4.69) is 10.0 Å². The molecule has 1 aromatic carbocycles. The summed E-state index contributed by atoms with van der Waals surface area (Å²) >= 11 is 0. The van der Waals surface area contributed by atoms with Gasteiger partial charge in [-0.15, -0.1) is 0 Å². The topological polar surface area (TPSA) is 105 Å². The predicted octanol–water partition coefficient (Wildman–Crippen LogP) is 0.939. The van der Waals surface area contributed by atoms with Crippen molar-refractivity contribution in [2.24, 2.45) is 5.92 Å². The van der Waals surface area contributed by atoms with Crippen molar-refractivity contribution in [2.45, 2.75) is 17.7 Å². The van der Waals surface area contributed by atoms with Crippen LogP contribution < -0.4 is 14.9 Å². The third-order valence-corrected chi connectivity index (χ3v) is 5.49. The number of nitrogens with zero attached hydrogens (tertiary/aromatic N) is 2. The van der Waals surface area contributed by atoms with Gasteiger partial charge < -0.3 is 10.2 Å². The van der Waals surface area contributed by atoms with E-state index >= 15 is 0 Å². The molecule has 1 aliphatic heterocycles. The van der Waals surface area contributed by atoms with Gasteiger partial charge in [0.15, 0.2) is 0 Å². The summed E-state index contributed by atoms with van der Waals surface area (Å²) < 4.78 is 25.9. The van der Waals surface area contributed by atoms with Gasteiger partial charge in [0.1, 0.15) is 5.69 Å². The maximum atomic E-state index is 11.8. The zero-order valence-electron chi connectivity index (χ0n) is 13.3. The summed E-state index contributed by atoms with van der Waals surface area (Å²) in [7, 11) is -0.537. The van der Waals surface area contributed by atoms with Crippen molar-refractivity contribution in [2.75, 3.05) is 38.6 Å². The van der Waals surface area contributed by atoms with E-state index in [9.17, 15) is 18.5 Å². The van der Waals surface area contributed by atoms with Gasteiger partial charge in [0.05, 0.1) is 9.82 Å². The molecule has 0 aromatic heterocycles. The third-order valence-electron chi connectivity index (χ3n) is 4.08. The molecule has 1 aromatic rings. The highest BCUT2D eigenvalue weighted by Crippen LogP contribution is 2.33. The second-order valence-corrected chi connectivity index (χ2v) is 7.51. The number of rotatable bonds is 6. The van der Waals surface area contributed by atoms with Gasteiger partial charge in [-0.25, -0.2) is 13.1 Å². The summed E-state index contributed by atoms with van der Waals surface area (Å²) in [6.45, 7) is 2.31. The van der Waals surface area contributed by atoms with E-state index in [1.807, 2.05) is 11.9 Å². The van der Waals surface area contributed by atoms with Gasteiger partial charge in [0, 0.05) is 19.2 Å². The monoisotopic (exact) mass is 342 g/mol. The minimum Gasteiger partial charge on any atom is -0.366 e. The molecule has 0 spiro atoms. The largest absolute Gasteiger partial charge is 0.366 e. The third kappa shape index (κ3) is 3.98. The van der Waals surface area contributed by atoms with Crippen LogP contribution in [0.25, 0.3) is 0 Å². The molecule has 2 N–H and O–H groups in total. The van der Waals surface area contributed by atoms with Gasteiger partial charge >= 0.3 is 0 Å². The molecule has 1 aliphatic rings. The van der Waals surface area contributed by atoms with Crippen LogP contribution in [0, 0.1) is 16.0 Å². The van der Waals surface area contributed by atoms with Crippen molar-refractivity contribution >= 4 is 21.4 Å². The van der Waals surface area contributed by atoms with E-state index in [-0.39, 0.29) is 10.6 Å². The minimum atomic E-state index is -3.70. The van der Waals surface area contributed by atoms with Crippen LogP contribution in [0.4, 0.5) is 11.4 Å². The number of anilines is 1. The van der Waals surface area contributed by atoms with E-state index in [1.165, 1.54) is 19.2 Å². The summed E-state index contributed by atoms with van der Waals surface area (Å²) in [4.78, 5) is 12.7. The molecule has 128 valence electrons. The molecular formula is C14H22N4O4S. The molecule has 0 saturated carbocycles. The molecule has 1 saturated heterocycles. The normalized spacial score (nSPS) is 18.9. The smallest absolute Gasteiger partial charge is 0.293 e. The second-order valence-electron chi connectivity index (χ2n) is 5.63. The lowest BCUT2D eigenvalue weighted by Gasteiger charge is -2.34. The summed E-state index contributed by atoms with van der Waals surface area (Å²) in [6, 6.07) is 4.07. The number of sulfonamides is 1. The standard InChI is InChI=1S/C14H22N4O4S/c1-15-9-11-4-3-7-17(10-11)13-6-5-12(23(21,22)16-2)8-14(13)18(19)20/h5-6,8,11,15-16H,3-4,7,9-10H2,1-2H3. The Morgan fingerprint density at radius 3 is 2.74 bits per heavy atom. The Labute approximate surface area is 136 Å². The summed E-state index contributed by atoms with van der Waals surface area (Å²) in [5.41, 5.74) is 0.303. The van der Waals surface area contributed by atoms with Gasteiger partial charge in [-0.2, -0.15) is 0 Å². The quantitative estimate of drug-likeness (QED) is 0.589. The SMILES string of the molecule is CNCC1CCCN(c2ccc(S(=O)(=O)NC)cc2[N+](=O)[O-])C1. The number of nitro groups is 1. The molecule has 0 radical (unpaired) electrons. The van der Waals surface area contributed by atoms with Gasteiger partial charge in [0.2, 0.25) is 10.0 Å². The lowest BCUT2D eigenvalue weighted by molar-refractivity contribution is -0.384. The van der Waals surface area contributed by atoms with Crippen LogP contribution >= 0.6 is 0 Å². The fraction of sp³-hybridized carbons (Fsp3) is 0.571. The van der Waals surface area contributed by atoms with Crippen LogP contribution in [0.1, 0.15) is 12.8 Å². The minimum absolute atomic E-state index is 0.0979. The molecule has 9 heteroatoms. The van der Waals surface area contributed by atoms with Gasteiger partial charge in [-0.3, -0.25) is 10.1 Å². The van der Waals surface area contributed by atoms with Crippen molar-refractivity contribution in [3.63, 3.8) is 0 Å². The Kier molecular flexibility index (Phi) is 5.55. The molecule has 1 heterocycles. The number of piperidine rings is 1. The average Bonchev–Trinajstić information content (AvgIpc) is 2.54. The Morgan fingerprint density at radius 1 is 1.39 bits per heavy atom. The molecule has 0 aliphatic carbocycles. The summed E-state index contributed by atoms with van der Waals surface area (Å²) in [5.74, 6) is 0.425. The molecule has 1 unspecified atom stereocenters. The Bertz CT molecular complexity index is 675. The Hall–Kier alpha value is -1.71. The first-order valence-corrected chi connectivity index (χ1v) is 8.99. The van der Waals surface area contributed by atoms with Crippen LogP contribution in [0.15, 0.2) is 23.1 Å². The summed E-state index contributed by atoms with van der Waals surface area (Å²) in [6.07, 6.45) is 2.04. The van der Waals surface area contributed by atoms with Crippen molar-refractivity contribution in [3.8, 4) is 0 Å². The van der Waals surface area contributed by atoms with Crippen molar-refractivity contribution in [3.05, 3.63) is 28.3 Å². The molecule has 2 rings (SSSR count). The van der Waals surface area contributed by atoms with Gasteiger partial charge in [0.25, 0.3) is 5.69 Å². The van der Waals surface area contributed by atoms with Crippen molar-refractivity contribution in [1.29, 1.82) is 0 Å². The van der Waals surface area contributed by atoms with Crippen molar-refractivity contribution in [1.82, 2.24) is 10.0 Å². The van der Waals surface area contributed by atoms with Crippen LogP contribution in [0.2, 0.25) is 0 Å². The fourth-order valence-electron chi connectivity index (χ4n) is 2.94. The predicted molar refractivity (Wildman–Crippen MR) is 88.2 cm³/mol. The lowest BCUT2D eigenvalue weighted by Crippen LogP contribution is -2.39. The van der Waals surface area contributed by atoms with E-state index in [0.29, 0.717) is 11.6 Å². The molecule has 0 bridgehead atoms. The second kappa shape index (κ2) is 7.24. The number of hydrogen-bond donors (Lipinski definition) is 2. The van der Waals surface area contributed by atoms with Crippen LogP contribution in [0.5, 0.6) is 0 Å². The van der Waals surface area contributed by atoms with E-state index in [1.54, 1.807) is 0 Å². The maximum absolute atomic E-state index is 11.8. The molecule has 23 heavy (non-hydrogen) atoms. The van der Waals surface area contributed by atoms with Crippen LogP contribution in [-0.4, -0.2) is 47.1 Å². The average molecular weight is 342 g/mol. The number of nitrogens with one attached hydrogen (secondary N) is 2. The van der Waals surface area contributed by atoms with Gasteiger partial charge in [-0.1, -0.05) is 0 Å². The fourth-order valence-corrected chi connectivity index (χ4v) is 3.69. The molecule has 8 nitrogen and oxygen atoms in total. The summed E-state index contributed by atoms with van der Waals surface area (Å²) in [5, 5.41) is 14.5. The van der Waals surface area contributed by atoms with E-state index in [0.717, 1.165) is 38.5 Å². The zero-order chi connectivity index (χ0) is 17.0. The number of nitro benzene ring substituents is 1. The van der Waals surface area contributed by atoms with Gasteiger partial charge in [-0.05, 0) is 51.5 Å². The van der Waals surface area contributed by atoms with Crippen LogP contribution in [0.3, 0.4) is 0 Å². The Morgan fingerprint density at radius 2 is 2.13 bits per heavy atom. The Balaban J connectivity index is 2.37. The molecule has 1 fully saturated rings. The van der Waals surface area contributed by atoms with Crippen molar-refractivity contribution < 1.29 is 13.3 Å². The first kappa shape index (κ1) is 17.6. The molecular weight excluding hydrogens is 320 g/mol. The van der Waals surface area contributed by atoms with E-state index < -0.39 is 14.9 Å². The van der Waals surface area contributed by atoms with E-state index in [4.69, 9.17) is 0 Å². The number of hydrogen-bond acceptors (Lipinski definition) is 6. The zero-order valence-corrected chi connectivity index (χ0v) is 14.1. The van der Waals surface area contributed by atoms with Crippen LogP contribution in [-0.2, 0) is 10.0 Å². The first-order chi connectivity index (χ1) is 10.9. The highest BCUT2D eigenvalue weighted by Gasteiger charge is 2.27. The molecule has 1 atom stereocenters. The molecule has 0 amide bonds. The first-order valence-electron chi connectivity index (χ1n) is 7.50. The number of benzene rings is 1. The lowest BCUT2D eigenvalue weighted by atomic mass is 9.97. The highest BCUT2D eigenvalue weighted by molar-refractivity contribution is 7.89.